The van der Waals surface area contributed by atoms with Gasteiger partial charge in [0.1, 0.15) is 0 Å². The third-order valence-corrected chi connectivity index (χ3v) is 6.93. The number of anilines is 1. The zero-order valence-electron chi connectivity index (χ0n) is 21.7. The van der Waals surface area contributed by atoms with Gasteiger partial charge in [-0.25, -0.2) is 4.79 Å². The predicted octanol–water partition coefficient (Wildman–Crippen LogP) is 8.09. The predicted molar refractivity (Wildman–Crippen MR) is 151 cm³/mol. The summed E-state index contributed by atoms with van der Waals surface area (Å²) >= 11 is 0. The van der Waals surface area contributed by atoms with Crippen LogP contribution in [0.2, 0.25) is 0 Å². The zero-order valence-corrected chi connectivity index (χ0v) is 21.7. The van der Waals surface area contributed by atoms with Crippen LogP contribution in [0.15, 0.2) is 109 Å². The van der Waals surface area contributed by atoms with Gasteiger partial charge in [0.15, 0.2) is 0 Å². The highest BCUT2D eigenvalue weighted by molar-refractivity contribution is 5.91. The summed E-state index contributed by atoms with van der Waals surface area (Å²) in [6.45, 7) is 9.06. The minimum absolute atomic E-state index is 0.197. The van der Waals surface area contributed by atoms with E-state index in [4.69, 9.17) is 0 Å². The van der Waals surface area contributed by atoms with Crippen molar-refractivity contribution in [3.63, 3.8) is 0 Å². The van der Waals surface area contributed by atoms with Gasteiger partial charge in [0.2, 0.25) is 0 Å². The molecule has 0 aliphatic rings. The maximum Gasteiger partial charge on any atom is 0.319 e. The lowest BCUT2D eigenvalue weighted by Gasteiger charge is -2.36. The van der Waals surface area contributed by atoms with Gasteiger partial charge in [-0.15, -0.1) is 0 Å². The Morgan fingerprint density at radius 2 is 1.00 bits per heavy atom. The number of nitrogens with one attached hydrogen (secondary N) is 2. The Bertz CT molecular complexity index is 1140. The molecule has 0 aromatic heterocycles. The topological polar surface area (TPSA) is 41.1 Å². The van der Waals surface area contributed by atoms with Gasteiger partial charge in [0, 0.05) is 12.2 Å². The number of para-hydroxylation sites is 1. The minimum atomic E-state index is -0.542. The fourth-order valence-electron chi connectivity index (χ4n) is 5.04. The summed E-state index contributed by atoms with van der Waals surface area (Å²) < 4.78 is 0. The molecule has 4 aromatic carbocycles. The van der Waals surface area contributed by atoms with E-state index in [9.17, 15) is 4.79 Å². The molecule has 0 saturated heterocycles. The van der Waals surface area contributed by atoms with Crippen molar-refractivity contribution in [2.24, 2.45) is 0 Å². The molecule has 36 heavy (non-hydrogen) atoms. The molecule has 184 valence electrons. The van der Waals surface area contributed by atoms with Crippen molar-refractivity contribution in [3.8, 4) is 0 Å². The maximum atomic E-state index is 13.5. The summed E-state index contributed by atoms with van der Waals surface area (Å²) in [5.74, 6) is 0.604. The summed E-state index contributed by atoms with van der Waals surface area (Å²) in [6.07, 6.45) is 0. The average Bonchev–Trinajstić information content (AvgIpc) is 2.91. The highest BCUT2D eigenvalue weighted by Gasteiger charge is 2.36. The van der Waals surface area contributed by atoms with Crippen LogP contribution in [0, 0.1) is 0 Å². The Labute approximate surface area is 215 Å². The number of hydrogen-bond donors (Lipinski definition) is 2. The molecule has 0 atom stereocenters. The molecule has 0 bridgehead atoms. The van der Waals surface area contributed by atoms with Gasteiger partial charge >= 0.3 is 6.03 Å². The first-order chi connectivity index (χ1) is 17.4. The van der Waals surface area contributed by atoms with Crippen LogP contribution in [0.1, 0.15) is 67.3 Å². The van der Waals surface area contributed by atoms with E-state index in [1.54, 1.807) is 0 Å². The molecule has 0 saturated carbocycles. The smallest absolute Gasteiger partial charge is 0.319 e. The highest BCUT2D eigenvalue weighted by Crippen LogP contribution is 2.39. The molecular weight excluding hydrogens is 440 g/mol. The van der Waals surface area contributed by atoms with Crippen molar-refractivity contribution in [1.29, 1.82) is 0 Å². The first kappa shape index (κ1) is 25.2. The summed E-state index contributed by atoms with van der Waals surface area (Å²) in [7, 11) is 0. The number of benzene rings is 4. The molecular formula is C33H36N2O. The summed E-state index contributed by atoms with van der Waals surface area (Å²) in [4.78, 5) is 13.5. The SMILES string of the molecule is CC(C)c1cccc(C(C)C)c1NC(=O)NCC(c1ccccc1)(c1ccccc1)c1ccccc1. The second-order valence-corrected chi connectivity index (χ2v) is 9.93. The van der Waals surface area contributed by atoms with Gasteiger partial charge in [-0.1, -0.05) is 137 Å². The first-order valence-electron chi connectivity index (χ1n) is 12.8. The van der Waals surface area contributed by atoms with Crippen molar-refractivity contribution in [2.45, 2.75) is 44.9 Å². The number of hydrogen-bond acceptors (Lipinski definition) is 1. The lowest BCUT2D eigenvalue weighted by atomic mass is 9.69. The Hall–Kier alpha value is -3.85. The van der Waals surface area contributed by atoms with Gasteiger partial charge in [0.25, 0.3) is 0 Å². The second kappa shape index (κ2) is 11.3. The average molecular weight is 477 g/mol. The van der Waals surface area contributed by atoms with E-state index in [0.717, 1.165) is 33.5 Å². The summed E-state index contributed by atoms with van der Waals surface area (Å²) in [6, 6.07) is 37.4. The van der Waals surface area contributed by atoms with Crippen molar-refractivity contribution in [3.05, 3.63) is 137 Å². The molecule has 4 rings (SSSR count). The van der Waals surface area contributed by atoms with E-state index in [2.05, 4.69) is 129 Å². The molecule has 0 unspecified atom stereocenters. The Kier molecular flexibility index (Phi) is 7.90. The standard InChI is InChI=1S/C33H36N2O/c1-24(2)29-21-14-22-30(25(3)4)31(29)35-32(36)34-23-33(26-15-8-5-9-16-26,27-17-10-6-11-18-27)28-19-12-7-13-20-28/h5-22,24-25H,23H2,1-4H3,(H2,34,35,36). The van der Waals surface area contributed by atoms with Crippen LogP contribution >= 0.6 is 0 Å². The Morgan fingerprint density at radius 1 is 0.611 bits per heavy atom. The number of amides is 2. The van der Waals surface area contributed by atoms with E-state index in [1.807, 2.05) is 18.2 Å². The second-order valence-electron chi connectivity index (χ2n) is 9.93. The number of carbonyl (C=O) groups is 1. The van der Waals surface area contributed by atoms with Crippen LogP contribution in [0.5, 0.6) is 0 Å². The molecule has 0 aliphatic carbocycles. The maximum absolute atomic E-state index is 13.5. The molecule has 3 heteroatoms. The molecule has 0 aliphatic heterocycles. The van der Waals surface area contributed by atoms with Crippen LogP contribution in [-0.4, -0.2) is 12.6 Å². The molecule has 0 spiro atoms. The third-order valence-electron chi connectivity index (χ3n) is 6.93. The van der Waals surface area contributed by atoms with E-state index in [-0.39, 0.29) is 6.03 Å². The quantitative estimate of drug-likeness (QED) is 0.248. The number of urea groups is 1. The lowest BCUT2D eigenvalue weighted by Crippen LogP contribution is -2.44. The zero-order chi connectivity index (χ0) is 25.5. The van der Waals surface area contributed by atoms with Gasteiger partial charge in [-0.3, -0.25) is 0 Å². The van der Waals surface area contributed by atoms with Crippen LogP contribution in [0.4, 0.5) is 10.5 Å². The normalized spacial score (nSPS) is 11.5. The first-order valence-corrected chi connectivity index (χ1v) is 12.8. The molecule has 0 radical (unpaired) electrons. The van der Waals surface area contributed by atoms with Crippen molar-refractivity contribution >= 4 is 11.7 Å². The summed E-state index contributed by atoms with van der Waals surface area (Å²) in [5, 5.41) is 6.47. The van der Waals surface area contributed by atoms with E-state index in [1.165, 1.54) is 0 Å². The van der Waals surface area contributed by atoms with Crippen LogP contribution in [0.3, 0.4) is 0 Å². The molecule has 0 heterocycles. The van der Waals surface area contributed by atoms with Gasteiger partial charge in [-0.05, 0) is 39.7 Å². The van der Waals surface area contributed by atoms with E-state index >= 15 is 0 Å². The molecule has 0 fully saturated rings. The summed E-state index contributed by atoms with van der Waals surface area (Å²) in [5.41, 5.74) is 6.08. The van der Waals surface area contributed by atoms with Gasteiger partial charge < -0.3 is 10.6 Å². The molecule has 4 aromatic rings. The Balaban J connectivity index is 1.74. The van der Waals surface area contributed by atoms with Crippen molar-refractivity contribution < 1.29 is 4.79 Å². The molecule has 2 amide bonds. The number of carbonyl (C=O) groups excluding carboxylic acids is 1. The highest BCUT2D eigenvalue weighted by atomic mass is 16.2. The van der Waals surface area contributed by atoms with Crippen molar-refractivity contribution in [2.75, 3.05) is 11.9 Å². The van der Waals surface area contributed by atoms with Crippen LogP contribution < -0.4 is 10.6 Å². The minimum Gasteiger partial charge on any atom is -0.336 e. The largest absolute Gasteiger partial charge is 0.336 e. The Morgan fingerprint density at radius 3 is 1.36 bits per heavy atom. The number of rotatable bonds is 8. The van der Waals surface area contributed by atoms with Crippen LogP contribution in [0.25, 0.3) is 0 Å². The van der Waals surface area contributed by atoms with Gasteiger partial charge in [-0.2, -0.15) is 0 Å². The lowest BCUT2D eigenvalue weighted by molar-refractivity contribution is 0.250. The van der Waals surface area contributed by atoms with Gasteiger partial charge in [0.05, 0.1) is 5.41 Å². The third kappa shape index (κ3) is 5.21. The van der Waals surface area contributed by atoms with E-state index in [0.29, 0.717) is 18.4 Å². The van der Waals surface area contributed by atoms with E-state index < -0.39 is 5.41 Å². The monoisotopic (exact) mass is 476 g/mol. The molecule has 2 N–H and O–H groups in total. The van der Waals surface area contributed by atoms with Crippen LogP contribution in [-0.2, 0) is 5.41 Å². The van der Waals surface area contributed by atoms with Crippen molar-refractivity contribution in [1.82, 2.24) is 5.32 Å². The fraction of sp³-hybridized carbons (Fsp3) is 0.242. The molecule has 3 nitrogen and oxygen atoms in total. The fourth-order valence-corrected chi connectivity index (χ4v) is 5.04.